The summed E-state index contributed by atoms with van der Waals surface area (Å²) in [5, 5.41) is 6.24. The van der Waals surface area contributed by atoms with Gasteiger partial charge in [-0.2, -0.15) is 5.10 Å². The van der Waals surface area contributed by atoms with Crippen LogP contribution in [0.5, 0.6) is 5.75 Å². The van der Waals surface area contributed by atoms with Gasteiger partial charge in [-0.3, -0.25) is 9.48 Å². The van der Waals surface area contributed by atoms with E-state index in [1.54, 1.807) is 19.2 Å². The van der Waals surface area contributed by atoms with Crippen LogP contribution in [0.2, 0.25) is 0 Å². The number of amides is 1. The molecule has 0 unspecified atom stereocenters. The lowest BCUT2D eigenvalue weighted by Gasteiger charge is -2.04. The molecule has 0 radical (unpaired) electrons. The second kappa shape index (κ2) is 5.87. The van der Waals surface area contributed by atoms with Gasteiger partial charge in [0.15, 0.2) is 0 Å². The molecule has 1 amide bonds. The van der Waals surface area contributed by atoms with Crippen LogP contribution in [-0.2, 0) is 6.54 Å². The zero-order valence-electron chi connectivity index (χ0n) is 14.8. The van der Waals surface area contributed by atoms with Crippen LogP contribution in [-0.4, -0.2) is 32.8 Å². The molecule has 0 aliphatic rings. The standard InChI is InChI=1S/C19H19N5O2/c1-4-24-15(7-10(2)23-24)14-6-5-12-13-8-11(18(20)25)9-16(26-3)17(13)22-19(12)21-14/h5-9H,4H2,1-3H3,(H2,20,25)(H,21,22). The molecule has 0 saturated heterocycles. The van der Waals surface area contributed by atoms with E-state index < -0.39 is 5.91 Å². The summed E-state index contributed by atoms with van der Waals surface area (Å²) in [4.78, 5) is 19.7. The van der Waals surface area contributed by atoms with Gasteiger partial charge in [0.1, 0.15) is 11.4 Å². The topological polar surface area (TPSA) is 98.8 Å². The third-order valence-electron chi connectivity index (χ3n) is 4.50. The highest BCUT2D eigenvalue weighted by Crippen LogP contribution is 2.33. The lowest BCUT2D eigenvalue weighted by Crippen LogP contribution is -2.10. The van der Waals surface area contributed by atoms with Crippen molar-refractivity contribution in [1.29, 1.82) is 0 Å². The summed E-state index contributed by atoms with van der Waals surface area (Å²) >= 11 is 0. The minimum absolute atomic E-state index is 0.402. The Labute approximate surface area is 149 Å². The van der Waals surface area contributed by atoms with Gasteiger partial charge in [0.2, 0.25) is 5.91 Å². The Morgan fingerprint density at radius 3 is 2.77 bits per heavy atom. The fourth-order valence-corrected chi connectivity index (χ4v) is 3.29. The van der Waals surface area contributed by atoms with Crippen LogP contribution in [0, 0.1) is 6.92 Å². The summed E-state index contributed by atoms with van der Waals surface area (Å²) in [5.74, 6) is 0.0664. The Balaban J connectivity index is 1.97. The number of fused-ring (bicyclic) bond motifs is 3. The zero-order chi connectivity index (χ0) is 18.4. The Kier molecular flexibility index (Phi) is 3.64. The molecule has 7 heteroatoms. The summed E-state index contributed by atoms with van der Waals surface area (Å²) < 4.78 is 7.35. The molecule has 132 valence electrons. The summed E-state index contributed by atoms with van der Waals surface area (Å²) in [7, 11) is 1.56. The Morgan fingerprint density at radius 1 is 1.27 bits per heavy atom. The first-order chi connectivity index (χ1) is 12.5. The van der Waals surface area contributed by atoms with Crippen molar-refractivity contribution in [2.45, 2.75) is 20.4 Å². The van der Waals surface area contributed by atoms with Crippen molar-refractivity contribution in [3.8, 4) is 17.1 Å². The molecular formula is C19H19N5O2. The zero-order valence-corrected chi connectivity index (χ0v) is 14.8. The molecule has 0 aliphatic heterocycles. The normalized spacial score (nSPS) is 11.3. The number of benzene rings is 1. The maximum atomic E-state index is 11.6. The number of carbonyl (C=O) groups is 1. The van der Waals surface area contributed by atoms with E-state index in [2.05, 4.69) is 10.1 Å². The van der Waals surface area contributed by atoms with Crippen molar-refractivity contribution in [2.75, 3.05) is 7.11 Å². The van der Waals surface area contributed by atoms with Crippen LogP contribution < -0.4 is 10.5 Å². The number of aryl methyl sites for hydroxylation is 2. The van der Waals surface area contributed by atoms with E-state index in [9.17, 15) is 4.79 Å². The van der Waals surface area contributed by atoms with Crippen LogP contribution in [0.3, 0.4) is 0 Å². The van der Waals surface area contributed by atoms with Crippen molar-refractivity contribution in [3.05, 3.63) is 41.6 Å². The molecule has 3 aromatic heterocycles. The molecule has 26 heavy (non-hydrogen) atoms. The predicted octanol–water partition coefficient (Wildman–Crippen LogP) is 3.02. The van der Waals surface area contributed by atoms with E-state index in [1.165, 1.54) is 0 Å². The number of nitrogens with two attached hydrogens (primary N) is 1. The summed E-state index contributed by atoms with van der Waals surface area (Å²) in [6.07, 6.45) is 0. The van der Waals surface area contributed by atoms with Crippen molar-refractivity contribution in [1.82, 2.24) is 19.7 Å². The van der Waals surface area contributed by atoms with Crippen molar-refractivity contribution in [3.63, 3.8) is 0 Å². The van der Waals surface area contributed by atoms with Crippen molar-refractivity contribution in [2.24, 2.45) is 5.73 Å². The smallest absolute Gasteiger partial charge is 0.248 e. The van der Waals surface area contributed by atoms with Crippen molar-refractivity contribution >= 4 is 27.8 Å². The number of rotatable bonds is 4. The number of aromatic nitrogens is 4. The van der Waals surface area contributed by atoms with Gasteiger partial charge in [-0.1, -0.05) is 0 Å². The van der Waals surface area contributed by atoms with Gasteiger partial charge in [-0.15, -0.1) is 0 Å². The number of aromatic amines is 1. The van der Waals surface area contributed by atoms with E-state index in [0.29, 0.717) is 11.3 Å². The number of ether oxygens (including phenoxy) is 1. The van der Waals surface area contributed by atoms with Crippen LogP contribution in [0.1, 0.15) is 23.0 Å². The van der Waals surface area contributed by atoms with E-state index in [0.717, 1.165) is 45.6 Å². The average Bonchev–Trinajstić information content (AvgIpc) is 3.20. The molecule has 0 bridgehead atoms. The van der Waals surface area contributed by atoms with E-state index in [1.807, 2.05) is 36.7 Å². The Bertz CT molecular complexity index is 1160. The van der Waals surface area contributed by atoms with Crippen LogP contribution in [0.25, 0.3) is 33.3 Å². The SMILES string of the molecule is CCn1nc(C)cc1-c1ccc2c(n1)[nH]c1c(OC)cc(C(N)=O)cc12. The Morgan fingerprint density at radius 2 is 2.08 bits per heavy atom. The molecular weight excluding hydrogens is 330 g/mol. The van der Waals surface area contributed by atoms with Gasteiger partial charge >= 0.3 is 0 Å². The van der Waals surface area contributed by atoms with Gasteiger partial charge in [0.25, 0.3) is 0 Å². The number of hydrogen-bond donors (Lipinski definition) is 2. The van der Waals surface area contributed by atoms with E-state index in [-0.39, 0.29) is 0 Å². The molecule has 1 aromatic carbocycles. The fourth-order valence-electron chi connectivity index (χ4n) is 3.29. The fraction of sp³-hybridized carbons (Fsp3) is 0.211. The highest BCUT2D eigenvalue weighted by molar-refractivity contribution is 6.11. The first-order valence-corrected chi connectivity index (χ1v) is 8.37. The monoisotopic (exact) mass is 349 g/mol. The average molecular weight is 349 g/mol. The van der Waals surface area contributed by atoms with Gasteiger partial charge in [-0.05, 0) is 44.2 Å². The minimum Gasteiger partial charge on any atom is -0.495 e. The maximum absolute atomic E-state index is 11.6. The third-order valence-corrected chi connectivity index (χ3v) is 4.50. The molecule has 0 atom stereocenters. The molecule has 7 nitrogen and oxygen atoms in total. The second-order valence-electron chi connectivity index (χ2n) is 6.17. The highest BCUT2D eigenvalue weighted by atomic mass is 16.5. The molecule has 3 heterocycles. The number of pyridine rings is 1. The van der Waals surface area contributed by atoms with Gasteiger partial charge in [0.05, 0.1) is 29.7 Å². The van der Waals surface area contributed by atoms with Crippen LogP contribution >= 0.6 is 0 Å². The maximum Gasteiger partial charge on any atom is 0.248 e. The van der Waals surface area contributed by atoms with Gasteiger partial charge < -0.3 is 15.5 Å². The summed E-state index contributed by atoms with van der Waals surface area (Å²) in [5.41, 5.74) is 10.1. The molecule has 0 aliphatic carbocycles. The lowest BCUT2D eigenvalue weighted by atomic mass is 10.1. The number of primary amides is 1. The molecule has 3 N–H and O–H groups in total. The number of nitrogens with zero attached hydrogens (tertiary/aromatic N) is 3. The first kappa shape index (κ1) is 16.1. The van der Waals surface area contributed by atoms with Gasteiger partial charge in [0, 0.05) is 22.9 Å². The van der Waals surface area contributed by atoms with E-state index in [4.69, 9.17) is 15.5 Å². The number of nitrogens with one attached hydrogen (secondary N) is 1. The predicted molar refractivity (Wildman–Crippen MR) is 100 cm³/mol. The lowest BCUT2D eigenvalue weighted by molar-refractivity contribution is 0.1000. The highest BCUT2D eigenvalue weighted by Gasteiger charge is 2.16. The number of hydrogen-bond acceptors (Lipinski definition) is 4. The van der Waals surface area contributed by atoms with E-state index >= 15 is 0 Å². The third kappa shape index (κ3) is 2.40. The van der Waals surface area contributed by atoms with Crippen LogP contribution in [0.15, 0.2) is 30.3 Å². The second-order valence-corrected chi connectivity index (χ2v) is 6.17. The Hall–Kier alpha value is -3.35. The van der Waals surface area contributed by atoms with Gasteiger partial charge in [-0.25, -0.2) is 4.98 Å². The number of H-pyrrole nitrogens is 1. The molecule has 4 aromatic rings. The minimum atomic E-state index is -0.494. The summed E-state index contributed by atoms with van der Waals surface area (Å²) in [6.45, 7) is 4.78. The quantitative estimate of drug-likeness (QED) is 0.591. The number of carbonyl (C=O) groups excluding carboxylic acids is 1. The first-order valence-electron chi connectivity index (χ1n) is 8.37. The largest absolute Gasteiger partial charge is 0.495 e. The molecule has 0 spiro atoms. The molecule has 0 fully saturated rings. The van der Waals surface area contributed by atoms with Crippen molar-refractivity contribution < 1.29 is 9.53 Å². The van der Waals surface area contributed by atoms with Crippen LogP contribution in [0.4, 0.5) is 0 Å². The molecule has 0 saturated carbocycles. The molecule has 4 rings (SSSR count). The summed E-state index contributed by atoms with van der Waals surface area (Å²) in [6, 6.07) is 9.37. The number of methoxy groups -OCH3 is 1.